The van der Waals surface area contributed by atoms with Crippen molar-refractivity contribution in [3.8, 4) is 0 Å². The summed E-state index contributed by atoms with van der Waals surface area (Å²) in [4.78, 5) is 15.9. The van der Waals surface area contributed by atoms with Gasteiger partial charge in [-0.05, 0) is 51.5 Å². The van der Waals surface area contributed by atoms with Crippen LogP contribution in [-0.4, -0.2) is 21.5 Å². The van der Waals surface area contributed by atoms with Crippen LogP contribution in [0.25, 0.3) is 5.70 Å². The van der Waals surface area contributed by atoms with Crippen molar-refractivity contribution in [2.45, 2.75) is 34.2 Å². The highest BCUT2D eigenvalue weighted by Crippen LogP contribution is 2.20. The van der Waals surface area contributed by atoms with Crippen molar-refractivity contribution in [3.63, 3.8) is 0 Å². The molecule has 0 unspecified atom stereocenters. The van der Waals surface area contributed by atoms with Crippen molar-refractivity contribution < 1.29 is 4.79 Å². The van der Waals surface area contributed by atoms with Gasteiger partial charge in [-0.3, -0.25) is 9.48 Å². The first-order valence-electron chi connectivity index (χ1n) is 7.78. The van der Waals surface area contributed by atoms with Crippen molar-refractivity contribution in [2.24, 2.45) is 10.7 Å². The van der Waals surface area contributed by atoms with Crippen LogP contribution in [0.4, 0.5) is 5.69 Å². The van der Waals surface area contributed by atoms with Gasteiger partial charge >= 0.3 is 0 Å². The van der Waals surface area contributed by atoms with Crippen LogP contribution < -0.4 is 11.1 Å². The quantitative estimate of drug-likeness (QED) is 0.654. The molecular weight excluding hydrogens is 302 g/mol. The maximum atomic E-state index is 11.3. The molecule has 0 saturated carbocycles. The fourth-order valence-corrected chi connectivity index (χ4v) is 2.40. The largest absolute Gasteiger partial charge is 0.366 e. The number of nitrogens with one attached hydrogen (secondary N) is 1. The summed E-state index contributed by atoms with van der Waals surface area (Å²) >= 11 is 0. The van der Waals surface area contributed by atoms with Crippen molar-refractivity contribution in [1.82, 2.24) is 15.1 Å². The monoisotopic (exact) mass is 325 g/mol. The third-order valence-electron chi connectivity index (χ3n) is 3.62. The van der Waals surface area contributed by atoms with Crippen molar-refractivity contribution >= 4 is 23.1 Å². The predicted octanol–water partition coefficient (Wildman–Crippen LogP) is 2.93. The summed E-state index contributed by atoms with van der Waals surface area (Å²) in [6.45, 7) is 12.6. The normalized spacial score (nSPS) is 11.4. The number of rotatable bonds is 5. The van der Waals surface area contributed by atoms with Gasteiger partial charge in [-0.15, -0.1) is 0 Å². The average Bonchev–Trinajstić information content (AvgIpc) is 2.90. The van der Waals surface area contributed by atoms with Crippen LogP contribution in [0.3, 0.4) is 0 Å². The lowest BCUT2D eigenvalue weighted by Crippen LogP contribution is -2.20. The number of amides is 1. The molecule has 0 bridgehead atoms. The Hall–Kier alpha value is -2.89. The highest BCUT2D eigenvalue weighted by atomic mass is 16.1. The Morgan fingerprint density at radius 3 is 2.71 bits per heavy atom. The van der Waals surface area contributed by atoms with Crippen LogP contribution in [0.1, 0.15) is 41.2 Å². The van der Waals surface area contributed by atoms with Gasteiger partial charge in [-0.2, -0.15) is 5.10 Å². The molecule has 2 aromatic rings. The number of nitrogens with two attached hydrogens (primary N) is 1. The Labute approximate surface area is 142 Å². The molecule has 0 saturated heterocycles. The lowest BCUT2D eigenvalue weighted by molar-refractivity contribution is 0.100. The van der Waals surface area contributed by atoms with Crippen LogP contribution in [0.15, 0.2) is 35.8 Å². The van der Waals surface area contributed by atoms with E-state index in [-0.39, 0.29) is 0 Å². The molecule has 3 N–H and O–H groups in total. The minimum Gasteiger partial charge on any atom is -0.366 e. The fraction of sp³-hybridized carbons (Fsp3) is 0.278. The topological polar surface area (TPSA) is 85.3 Å². The van der Waals surface area contributed by atoms with Crippen molar-refractivity contribution in [3.05, 3.63) is 53.4 Å². The van der Waals surface area contributed by atoms with Gasteiger partial charge in [-0.1, -0.05) is 12.6 Å². The first kappa shape index (κ1) is 17.5. The van der Waals surface area contributed by atoms with Gasteiger partial charge in [0.1, 0.15) is 5.84 Å². The number of hydrogen-bond acceptors (Lipinski definition) is 3. The van der Waals surface area contributed by atoms with Gasteiger partial charge in [-0.25, -0.2) is 4.99 Å². The lowest BCUT2D eigenvalue weighted by Gasteiger charge is -2.11. The van der Waals surface area contributed by atoms with Crippen LogP contribution in [0.2, 0.25) is 0 Å². The third-order valence-corrected chi connectivity index (χ3v) is 3.62. The third kappa shape index (κ3) is 3.90. The van der Waals surface area contributed by atoms with E-state index in [1.54, 1.807) is 12.1 Å². The van der Waals surface area contributed by atoms with Crippen LogP contribution in [-0.2, 0) is 6.54 Å². The molecule has 2 rings (SSSR count). The van der Waals surface area contributed by atoms with E-state index in [1.807, 2.05) is 44.5 Å². The van der Waals surface area contributed by atoms with Gasteiger partial charge < -0.3 is 11.1 Å². The number of aliphatic imine (C=N–C) groups is 1. The summed E-state index contributed by atoms with van der Waals surface area (Å²) in [7, 11) is 0. The summed E-state index contributed by atoms with van der Waals surface area (Å²) in [5.41, 5.74) is 10.0. The lowest BCUT2D eigenvalue weighted by atomic mass is 10.1. The Kier molecular flexibility index (Phi) is 5.18. The molecule has 0 atom stereocenters. The molecule has 126 valence electrons. The number of benzene rings is 1. The Bertz CT molecular complexity index is 817. The second kappa shape index (κ2) is 7.12. The number of primary amides is 1. The minimum atomic E-state index is -0.469. The zero-order valence-electron chi connectivity index (χ0n) is 14.6. The van der Waals surface area contributed by atoms with E-state index < -0.39 is 5.91 Å². The van der Waals surface area contributed by atoms with E-state index in [9.17, 15) is 4.79 Å². The fourth-order valence-electron chi connectivity index (χ4n) is 2.40. The molecule has 0 fully saturated rings. The standard InChI is InChI=1S/C18H23N5O/c1-6-23-17(9-12(3)22-23)13(4)20-14(5)21-16-10-15(18(19)24)8-7-11(16)2/h7-10H,4,6H2,1-3,5H3,(H2,19,24)(H,20,21). The molecule has 1 aromatic heterocycles. The summed E-state index contributed by atoms with van der Waals surface area (Å²) in [6, 6.07) is 7.19. The average molecular weight is 325 g/mol. The van der Waals surface area contributed by atoms with Gasteiger partial charge in [0, 0.05) is 12.1 Å². The molecule has 0 spiro atoms. The molecule has 0 radical (unpaired) electrons. The molecule has 6 heteroatoms. The Morgan fingerprint density at radius 2 is 2.08 bits per heavy atom. The van der Waals surface area contributed by atoms with Gasteiger partial charge in [0.25, 0.3) is 0 Å². The van der Waals surface area contributed by atoms with E-state index in [0.717, 1.165) is 29.2 Å². The predicted molar refractivity (Wildman–Crippen MR) is 97.3 cm³/mol. The number of carbonyl (C=O) groups excluding carboxylic acids is 1. The number of carbonyl (C=O) groups is 1. The van der Waals surface area contributed by atoms with Crippen LogP contribution >= 0.6 is 0 Å². The Balaban J connectivity index is 2.24. The maximum absolute atomic E-state index is 11.3. The molecule has 1 amide bonds. The van der Waals surface area contributed by atoms with Crippen molar-refractivity contribution in [1.29, 1.82) is 0 Å². The van der Waals surface area contributed by atoms with Gasteiger partial charge in [0.05, 0.1) is 22.8 Å². The molecule has 0 aliphatic rings. The summed E-state index contributed by atoms with van der Waals surface area (Å²) in [6.07, 6.45) is 0. The first-order chi connectivity index (χ1) is 11.3. The second-order valence-corrected chi connectivity index (χ2v) is 5.65. The smallest absolute Gasteiger partial charge is 0.248 e. The maximum Gasteiger partial charge on any atom is 0.248 e. The summed E-state index contributed by atoms with van der Waals surface area (Å²) in [5, 5.41) is 7.60. The zero-order valence-corrected chi connectivity index (χ0v) is 14.6. The highest BCUT2D eigenvalue weighted by molar-refractivity contribution is 5.95. The van der Waals surface area contributed by atoms with E-state index in [2.05, 4.69) is 22.0 Å². The Morgan fingerprint density at radius 1 is 1.38 bits per heavy atom. The molecule has 24 heavy (non-hydrogen) atoms. The number of amidine groups is 1. The van der Waals surface area contributed by atoms with Gasteiger partial charge in [0.2, 0.25) is 5.91 Å². The molecule has 1 heterocycles. The first-order valence-corrected chi connectivity index (χ1v) is 7.78. The van der Waals surface area contributed by atoms with Crippen LogP contribution in [0, 0.1) is 13.8 Å². The molecule has 0 aliphatic heterocycles. The summed E-state index contributed by atoms with van der Waals surface area (Å²) < 4.78 is 1.89. The molecule has 6 nitrogen and oxygen atoms in total. The SMILES string of the molecule is C=C(N/C(C)=N/c1cc(C(N)=O)ccc1C)c1cc(C)nn1CC. The number of hydrogen-bond donors (Lipinski definition) is 2. The van der Waals surface area contributed by atoms with Gasteiger partial charge in [0.15, 0.2) is 0 Å². The van der Waals surface area contributed by atoms with Crippen LogP contribution in [0.5, 0.6) is 0 Å². The van der Waals surface area contributed by atoms with E-state index >= 15 is 0 Å². The number of aryl methyl sites for hydroxylation is 3. The summed E-state index contributed by atoms with van der Waals surface area (Å²) in [5.74, 6) is 0.204. The second-order valence-electron chi connectivity index (χ2n) is 5.65. The van der Waals surface area contributed by atoms with E-state index in [1.165, 1.54) is 0 Å². The molecule has 0 aliphatic carbocycles. The minimum absolute atomic E-state index is 0.436. The highest BCUT2D eigenvalue weighted by Gasteiger charge is 2.09. The molecular formula is C18H23N5O. The van der Waals surface area contributed by atoms with E-state index in [4.69, 9.17) is 5.73 Å². The molecule has 1 aromatic carbocycles. The van der Waals surface area contributed by atoms with E-state index in [0.29, 0.717) is 17.1 Å². The number of aromatic nitrogens is 2. The zero-order chi connectivity index (χ0) is 17.9. The number of nitrogens with zero attached hydrogens (tertiary/aromatic N) is 3. The van der Waals surface area contributed by atoms with Crippen molar-refractivity contribution in [2.75, 3.05) is 0 Å².